The van der Waals surface area contributed by atoms with Gasteiger partial charge in [-0.25, -0.2) is 0 Å². The number of nitrogens with zero attached hydrogens (tertiary/aromatic N) is 4. The quantitative estimate of drug-likeness (QED) is 0.842. The highest BCUT2D eigenvalue weighted by atomic mass is 16.5. The molecular weight excluding hydrogens is 282 g/mol. The molecule has 0 saturated heterocycles. The van der Waals surface area contributed by atoms with Crippen LogP contribution in [0.5, 0.6) is 11.5 Å². The minimum absolute atomic E-state index is 0.607. The first-order valence-corrected chi connectivity index (χ1v) is 7.15. The Morgan fingerprint density at radius 3 is 2.45 bits per heavy atom. The van der Waals surface area contributed by atoms with Gasteiger partial charge in [0.1, 0.15) is 0 Å². The number of rotatable bonds is 7. The van der Waals surface area contributed by atoms with Gasteiger partial charge in [0.2, 0.25) is 5.95 Å². The molecule has 0 radical (unpaired) electrons. The third-order valence-electron chi connectivity index (χ3n) is 3.25. The fraction of sp³-hybridized carbons (Fsp3) is 0.400. The van der Waals surface area contributed by atoms with E-state index in [1.54, 1.807) is 20.4 Å². The number of methoxy groups -OCH3 is 2. The van der Waals surface area contributed by atoms with Crippen molar-refractivity contribution in [1.82, 2.24) is 15.2 Å². The van der Waals surface area contributed by atoms with Crippen LogP contribution < -0.4 is 19.7 Å². The summed E-state index contributed by atoms with van der Waals surface area (Å²) in [5, 5.41) is 11.3. The second-order valence-corrected chi connectivity index (χ2v) is 4.51. The Morgan fingerprint density at radius 2 is 1.82 bits per heavy atom. The van der Waals surface area contributed by atoms with Gasteiger partial charge in [0, 0.05) is 24.8 Å². The minimum Gasteiger partial charge on any atom is -0.493 e. The van der Waals surface area contributed by atoms with Crippen molar-refractivity contribution in [3.8, 4) is 11.5 Å². The smallest absolute Gasteiger partial charge is 0.247 e. The van der Waals surface area contributed by atoms with Gasteiger partial charge in [-0.1, -0.05) is 0 Å². The fourth-order valence-electron chi connectivity index (χ4n) is 2.06. The molecule has 0 aliphatic heterocycles. The summed E-state index contributed by atoms with van der Waals surface area (Å²) in [5.41, 5.74) is 0.837. The zero-order valence-electron chi connectivity index (χ0n) is 13.3. The van der Waals surface area contributed by atoms with Gasteiger partial charge in [-0.15, -0.1) is 5.10 Å². The van der Waals surface area contributed by atoms with Crippen LogP contribution in [0.25, 0.3) is 0 Å². The summed E-state index contributed by atoms with van der Waals surface area (Å²) in [6.07, 6.45) is 1.59. The van der Waals surface area contributed by atoms with Crippen molar-refractivity contribution in [2.45, 2.75) is 13.8 Å². The summed E-state index contributed by atoms with van der Waals surface area (Å²) in [6, 6.07) is 5.57. The lowest BCUT2D eigenvalue weighted by molar-refractivity contribution is 0.355. The van der Waals surface area contributed by atoms with E-state index in [0.29, 0.717) is 23.3 Å². The molecule has 7 nitrogen and oxygen atoms in total. The van der Waals surface area contributed by atoms with Crippen LogP contribution >= 0.6 is 0 Å². The Labute approximate surface area is 130 Å². The van der Waals surface area contributed by atoms with Gasteiger partial charge < -0.3 is 19.7 Å². The molecule has 2 aromatic rings. The van der Waals surface area contributed by atoms with Crippen molar-refractivity contribution >= 4 is 17.5 Å². The lowest BCUT2D eigenvalue weighted by atomic mass is 10.2. The average Bonchev–Trinajstić information content (AvgIpc) is 2.56. The van der Waals surface area contributed by atoms with E-state index in [2.05, 4.69) is 34.3 Å². The molecule has 1 aromatic carbocycles. The number of hydrogen-bond acceptors (Lipinski definition) is 7. The normalized spacial score (nSPS) is 10.2. The predicted molar refractivity (Wildman–Crippen MR) is 86.2 cm³/mol. The van der Waals surface area contributed by atoms with E-state index >= 15 is 0 Å². The molecular formula is C15H21N5O2. The molecule has 0 aliphatic rings. The molecule has 7 heteroatoms. The number of aromatic nitrogens is 3. The molecule has 0 fully saturated rings. The largest absolute Gasteiger partial charge is 0.493 e. The number of benzene rings is 1. The standard InChI is InChI=1S/C15H21N5O2/c1-5-20(6-2)15-18-14(10-16-19-15)17-11-7-8-12(21-3)13(9-11)22-4/h7-10H,5-6H2,1-4H3,(H,17,18,19). The molecule has 118 valence electrons. The first-order valence-electron chi connectivity index (χ1n) is 7.15. The van der Waals surface area contributed by atoms with E-state index in [4.69, 9.17) is 9.47 Å². The zero-order valence-corrected chi connectivity index (χ0v) is 13.3. The fourth-order valence-corrected chi connectivity index (χ4v) is 2.06. The topological polar surface area (TPSA) is 72.4 Å². The maximum atomic E-state index is 5.29. The van der Waals surface area contributed by atoms with Gasteiger partial charge in [0.05, 0.1) is 20.4 Å². The first-order chi connectivity index (χ1) is 10.7. The van der Waals surface area contributed by atoms with E-state index < -0.39 is 0 Å². The molecule has 0 bridgehead atoms. The molecule has 0 saturated carbocycles. The van der Waals surface area contributed by atoms with Crippen LogP contribution in [0.15, 0.2) is 24.4 Å². The minimum atomic E-state index is 0.607. The highest BCUT2D eigenvalue weighted by molar-refractivity contribution is 5.61. The van der Waals surface area contributed by atoms with Crippen LogP contribution in [0.3, 0.4) is 0 Å². The molecule has 1 heterocycles. The molecule has 0 amide bonds. The number of ether oxygens (including phenoxy) is 2. The van der Waals surface area contributed by atoms with Crippen molar-refractivity contribution in [3.63, 3.8) is 0 Å². The van der Waals surface area contributed by atoms with Crippen LogP contribution in [0, 0.1) is 0 Å². The summed E-state index contributed by atoms with van der Waals surface area (Å²) in [7, 11) is 3.21. The third-order valence-corrected chi connectivity index (χ3v) is 3.25. The Morgan fingerprint density at radius 1 is 1.09 bits per heavy atom. The van der Waals surface area contributed by atoms with Crippen molar-refractivity contribution < 1.29 is 9.47 Å². The van der Waals surface area contributed by atoms with Gasteiger partial charge in [-0.3, -0.25) is 0 Å². The molecule has 0 aliphatic carbocycles. The zero-order chi connectivity index (χ0) is 15.9. The summed E-state index contributed by atoms with van der Waals surface area (Å²) in [6.45, 7) is 5.78. The Hall–Kier alpha value is -2.57. The number of hydrogen-bond donors (Lipinski definition) is 1. The van der Waals surface area contributed by atoms with Crippen LogP contribution in [-0.4, -0.2) is 42.5 Å². The molecule has 1 aromatic heterocycles. The molecule has 2 rings (SSSR count). The van der Waals surface area contributed by atoms with Gasteiger partial charge in [0.15, 0.2) is 17.3 Å². The maximum Gasteiger partial charge on any atom is 0.247 e. The summed E-state index contributed by atoms with van der Waals surface area (Å²) in [5.74, 6) is 2.57. The van der Waals surface area contributed by atoms with Crippen LogP contribution in [0.1, 0.15) is 13.8 Å². The predicted octanol–water partition coefficient (Wildman–Crippen LogP) is 2.48. The van der Waals surface area contributed by atoms with Gasteiger partial charge in [-0.2, -0.15) is 10.1 Å². The van der Waals surface area contributed by atoms with Crippen molar-refractivity contribution in [3.05, 3.63) is 24.4 Å². The number of nitrogens with one attached hydrogen (secondary N) is 1. The summed E-state index contributed by atoms with van der Waals surface area (Å²) >= 11 is 0. The molecule has 22 heavy (non-hydrogen) atoms. The van der Waals surface area contributed by atoms with E-state index in [9.17, 15) is 0 Å². The second kappa shape index (κ2) is 7.44. The highest BCUT2D eigenvalue weighted by Crippen LogP contribution is 2.30. The van der Waals surface area contributed by atoms with Crippen LogP contribution in [0.4, 0.5) is 17.5 Å². The van der Waals surface area contributed by atoms with Gasteiger partial charge in [-0.05, 0) is 26.0 Å². The second-order valence-electron chi connectivity index (χ2n) is 4.51. The molecule has 0 unspecified atom stereocenters. The third kappa shape index (κ3) is 3.55. The molecule has 0 atom stereocenters. The van der Waals surface area contributed by atoms with Crippen molar-refractivity contribution in [2.75, 3.05) is 37.5 Å². The lowest BCUT2D eigenvalue weighted by Gasteiger charge is -2.18. The summed E-state index contributed by atoms with van der Waals surface area (Å²) < 4.78 is 10.5. The monoisotopic (exact) mass is 303 g/mol. The Kier molecular flexibility index (Phi) is 5.35. The van der Waals surface area contributed by atoms with Crippen molar-refractivity contribution in [1.29, 1.82) is 0 Å². The summed E-state index contributed by atoms with van der Waals surface area (Å²) in [4.78, 5) is 6.51. The first kappa shape index (κ1) is 15.8. The average molecular weight is 303 g/mol. The van der Waals surface area contributed by atoms with Gasteiger partial charge >= 0.3 is 0 Å². The maximum absolute atomic E-state index is 5.29. The van der Waals surface area contributed by atoms with Crippen LogP contribution in [-0.2, 0) is 0 Å². The van der Waals surface area contributed by atoms with Gasteiger partial charge in [0.25, 0.3) is 0 Å². The molecule has 0 spiro atoms. The Balaban J connectivity index is 2.22. The van der Waals surface area contributed by atoms with E-state index in [1.165, 1.54) is 0 Å². The molecule has 1 N–H and O–H groups in total. The van der Waals surface area contributed by atoms with Crippen LogP contribution in [0.2, 0.25) is 0 Å². The lowest BCUT2D eigenvalue weighted by Crippen LogP contribution is -2.24. The van der Waals surface area contributed by atoms with E-state index in [-0.39, 0.29) is 0 Å². The Bertz CT molecular complexity index is 617. The van der Waals surface area contributed by atoms with Crippen molar-refractivity contribution in [2.24, 2.45) is 0 Å². The highest BCUT2D eigenvalue weighted by Gasteiger charge is 2.09. The van der Waals surface area contributed by atoms with E-state index in [1.807, 2.05) is 23.1 Å². The number of anilines is 3. The van der Waals surface area contributed by atoms with E-state index in [0.717, 1.165) is 18.8 Å². The SMILES string of the molecule is CCN(CC)c1nncc(Nc2ccc(OC)c(OC)c2)n1.